The van der Waals surface area contributed by atoms with Gasteiger partial charge < -0.3 is 9.88 Å². The number of nitro groups is 1. The fraction of sp³-hybridized carbons (Fsp3) is 0.143. The van der Waals surface area contributed by atoms with E-state index in [1.165, 1.54) is 17.4 Å². The summed E-state index contributed by atoms with van der Waals surface area (Å²) in [5, 5.41) is 14.1. The molecule has 29 heavy (non-hydrogen) atoms. The van der Waals surface area contributed by atoms with Crippen LogP contribution in [0.4, 0.5) is 11.4 Å². The minimum Gasteiger partial charge on any atom is -0.326 e. The van der Waals surface area contributed by atoms with Gasteiger partial charge in [-0.05, 0) is 49.2 Å². The molecule has 2 aromatic carbocycles. The standard InChI is InChI=1S/C21H18N4O3S/c1-12-10-13(2)19(16(11-12)25(27)28)23-21(26)18-9-8-17(29-18)20-22-14-6-4-5-7-15(14)24(20)3/h4-11H,1-3H3,(H,23,26). The van der Waals surface area contributed by atoms with Crippen molar-refractivity contribution >= 4 is 39.7 Å². The first kappa shape index (κ1) is 18.8. The molecule has 0 radical (unpaired) electrons. The molecule has 4 rings (SSSR count). The fourth-order valence-corrected chi connectivity index (χ4v) is 4.30. The Balaban J connectivity index is 1.66. The third-order valence-corrected chi connectivity index (χ3v) is 5.81. The number of benzene rings is 2. The lowest BCUT2D eigenvalue weighted by Crippen LogP contribution is -2.13. The lowest BCUT2D eigenvalue weighted by Gasteiger charge is -2.09. The highest BCUT2D eigenvalue weighted by atomic mass is 32.1. The Bertz CT molecular complexity index is 1270. The van der Waals surface area contributed by atoms with E-state index < -0.39 is 4.92 Å². The van der Waals surface area contributed by atoms with Gasteiger partial charge in [-0.25, -0.2) is 4.98 Å². The molecule has 0 aliphatic carbocycles. The van der Waals surface area contributed by atoms with E-state index in [1.807, 2.05) is 48.0 Å². The second kappa shape index (κ2) is 7.14. The van der Waals surface area contributed by atoms with Crippen LogP contribution in [0.1, 0.15) is 20.8 Å². The highest BCUT2D eigenvalue weighted by Crippen LogP contribution is 2.33. The summed E-state index contributed by atoms with van der Waals surface area (Å²) in [7, 11) is 1.93. The van der Waals surface area contributed by atoms with Crippen LogP contribution in [0.2, 0.25) is 0 Å². The van der Waals surface area contributed by atoms with Crippen LogP contribution in [0, 0.1) is 24.0 Å². The molecule has 0 aliphatic rings. The van der Waals surface area contributed by atoms with Gasteiger partial charge in [-0.3, -0.25) is 14.9 Å². The largest absolute Gasteiger partial charge is 0.326 e. The normalized spacial score (nSPS) is 11.0. The molecular formula is C21H18N4O3S. The van der Waals surface area contributed by atoms with E-state index in [4.69, 9.17) is 0 Å². The van der Waals surface area contributed by atoms with E-state index in [1.54, 1.807) is 19.9 Å². The molecule has 0 fully saturated rings. The van der Waals surface area contributed by atoms with Crippen molar-refractivity contribution in [3.8, 4) is 10.7 Å². The number of imidazole rings is 1. The first-order chi connectivity index (χ1) is 13.8. The second-order valence-electron chi connectivity index (χ2n) is 6.83. The molecule has 0 unspecified atom stereocenters. The van der Waals surface area contributed by atoms with Crippen molar-refractivity contribution in [2.24, 2.45) is 7.05 Å². The van der Waals surface area contributed by atoms with Gasteiger partial charge in [-0.15, -0.1) is 11.3 Å². The molecule has 0 atom stereocenters. The number of anilines is 1. The number of nitrogens with zero attached hydrogens (tertiary/aromatic N) is 3. The second-order valence-corrected chi connectivity index (χ2v) is 7.92. The number of hydrogen-bond donors (Lipinski definition) is 1. The zero-order valence-electron chi connectivity index (χ0n) is 16.1. The van der Waals surface area contributed by atoms with Gasteiger partial charge in [-0.2, -0.15) is 0 Å². The Kier molecular flexibility index (Phi) is 4.63. The molecule has 0 saturated carbocycles. The van der Waals surface area contributed by atoms with Crippen molar-refractivity contribution in [2.45, 2.75) is 13.8 Å². The maximum atomic E-state index is 12.8. The van der Waals surface area contributed by atoms with Gasteiger partial charge in [0, 0.05) is 13.1 Å². The molecule has 8 heteroatoms. The number of amides is 1. The van der Waals surface area contributed by atoms with Crippen molar-refractivity contribution in [2.75, 3.05) is 5.32 Å². The number of aromatic nitrogens is 2. The third kappa shape index (κ3) is 3.38. The first-order valence-corrected chi connectivity index (χ1v) is 9.75. The molecule has 2 heterocycles. The lowest BCUT2D eigenvalue weighted by molar-refractivity contribution is -0.384. The molecule has 4 aromatic rings. The van der Waals surface area contributed by atoms with Crippen LogP contribution < -0.4 is 5.32 Å². The average molecular weight is 406 g/mol. The number of para-hydroxylation sites is 2. The van der Waals surface area contributed by atoms with E-state index in [2.05, 4.69) is 10.3 Å². The van der Waals surface area contributed by atoms with Crippen LogP contribution >= 0.6 is 11.3 Å². The topological polar surface area (TPSA) is 90.1 Å². The summed E-state index contributed by atoms with van der Waals surface area (Å²) < 4.78 is 1.98. The summed E-state index contributed by atoms with van der Waals surface area (Å²) in [4.78, 5) is 29.7. The van der Waals surface area contributed by atoms with Crippen LogP contribution in [-0.2, 0) is 7.05 Å². The van der Waals surface area contributed by atoms with Gasteiger partial charge in [0.25, 0.3) is 11.6 Å². The molecule has 1 N–H and O–H groups in total. The molecule has 0 aliphatic heterocycles. The molecular weight excluding hydrogens is 388 g/mol. The molecule has 7 nitrogen and oxygen atoms in total. The van der Waals surface area contributed by atoms with Crippen molar-refractivity contribution in [3.63, 3.8) is 0 Å². The van der Waals surface area contributed by atoms with E-state index in [0.29, 0.717) is 10.4 Å². The number of hydrogen-bond acceptors (Lipinski definition) is 5. The molecule has 0 spiro atoms. The molecule has 1 amide bonds. The Labute approximate surface area is 170 Å². The summed E-state index contributed by atoms with van der Waals surface area (Å²) in [5.41, 5.74) is 3.43. The maximum absolute atomic E-state index is 12.8. The minimum absolute atomic E-state index is 0.108. The zero-order chi connectivity index (χ0) is 20.7. The number of nitro benzene ring substituents is 1. The Morgan fingerprint density at radius 3 is 2.66 bits per heavy atom. The quantitative estimate of drug-likeness (QED) is 0.378. The number of carbonyl (C=O) groups excluding carboxylic acids is 1. The van der Waals surface area contributed by atoms with Crippen LogP contribution in [-0.4, -0.2) is 20.4 Å². The van der Waals surface area contributed by atoms with Gasteiger partial charge in [0.2, 0.25) is 0 Å². The summed E-state index contributed by atoms with van der Waals surface area (Å²) in [6.45, 7) is 3.53. The predicted molar refractivity (Wildman–Crippen MR) is 115 cm³/mol. The summed E-state index contributed by atoms with van der Waals surface area (Å²) in [6, 6.07) is 14.7. The summed E-state index contributed by atoms with van der Waals surface area (Å²) in [6.07, 6.45) is 0. The van der Waals surface area contributed by atoms with Crippen molar-refractivity contribution < 1.29 is 9.72 Å². The van der Waals surface area contributed by atoms with Crippen LogP contribution in [0.3, 0.4) is 0 Å². The molecule has 146 valence electrons. The number of thiophene rings is 1. The fourth-order valence-electron chi connectivity index (χ4n) is 3.37. The van der Waals surface area contributed by atoms with Crippen molar-refractivity contribution in [1.82, 2.24) is 9.55 Å². The SMILES string of the molecule is Cc1cc(C)c(NC(=O)c2ccc(-c3nc4ccccc4n3C)s2)c([N+](=O)[O-])c1. The van der Waals surface area contributed by atoms with Gasteiger partial charge in [0.1, 0.15) is 5.69 Å². The Morgan fingerprint density at radius 1 is 1.17 bits per heavy atom. The van der Waals surface area contributed by atoms with Gasteiger partial charge >= 0.3 is 0 Å². The van der Waals surface area contributed by atoms with E-state index >= 15 is 0 Å². The lowest BCUT2D eigenvalue weighted by atomic mass is 10.1. The zero-order valence-corrected chi connectivity index (χ0v) is 16.9. The monoisotopic (exact) mass is 406 g/mol. The summed E-state index contributed by atoms with van der Waals surface area (Å²) in [5.74, 6) is 0.391. The number of rotatable bonds is 4. The van der Waals surface area contributed by atoms with E-state index in [0.717, 1.165) is 27.3 Å². The van der Waals surface area contributed by atoms with Crippen molar-refractivity contribution in [1.29, 1.82) is 0 Å². The van der Waals surface area contributed by atoms with Gasteiger partial charge in [-0.1, -0.05) is 18.2 Å². The smallest absolute Gasteiger partial charge is 0.293 e. The third-order valence-electron chi connectivity index (χ3n) is 4.73. The predicted octanol–water partition coefficient (Wildman–Crippen LogP) is 5.08. The maximum Gasteiger partial charge on any atom is 0.293 e. The Hall–Kier alpha value is -3.52. The molecule has 0 bridgehead atoms. The summed E-state index contributed by atoms with van der Waals surface area (Å²) >= 11 is 1.30. The van der Waals surface area contributed by atoms with Gasteiger partial charge in [0.05, 0.1) is 25.7 Å². The average Bonchev–Trinajstić information content (AvgIpc) is 3.29. The number of nitrogens with one attached hydrogen (secondary N) is 1. The Morgan fingerprint density at radius 2 is 1.93 bits per heavy atom. The minimum atomic E-state index is -0.477. The van der Waals surface area contributed by atoms with Crippen LogP contribution in [0.25, 0.3) is 21.7 Å². The van der Waals surface area contributed by atoms with Crippen LogP contribution in [0.15, 0.2) is 48.5 Å². The number of aryl methyl sites for hydroxylation is 3. The number of carbonyl (C=O) groups is 1. The van der Waals surface area contributed by atoms with E-state index in [-0.39, 0.29) is 17.3 Å². The van der Waals surface area contributed by atoms with Gasteiger partial charge in [0.15, 0.2) is 5.82 Å². The van der Waals surface area contributed by atoms with E-state index in [9.17, 15) is 14.9 Å². The first-order valence-electron chi connectivity index (χ1n) is 8.94. The molecule has 0 saturated heterocycles. The highest BCUT2D eigenvalue weighted by Gasteiger charge is 2.21. The van der Waals surface area contributed by atoms with Crippen LogP contribution in [0.5, 0.6) is 0 Å². The highest BCUT2D eigenvalue weighted by molar-refractivity contribution is 7.17. The van der Waals surface area contributed by atoms with Crippen molar-refractivity contribution in [3.05, 3.63) is 74.6 Å². The molecule has 2 aromatic heterocycles. The number of fused-ring (bicyclic) bond motifs is 1.